The molecule has 0 radical (unpaired) electrons. The molecule has 0 bridgehead atoms. The van der Waals surface area contributed by atoms with Crippen molar-refractivity contribution in [3.05, 3.63) is 29.1 Å². The van der Waals surface area contributed by atoms with Crippen LogP contribution in [0.4, 0.5) is 26.3 Å². The minimum Gasteiger partial charge on any atom is -0.870 e. The van der Waals surface area contributed by atoms with Crippen LogP contribution in [-0.4, -0.2) is 27.0 Å². The van der Waals surface area contributed by atoms with Crippen molar-refractivity contribution in [1.29, 1.82) is 0 Å². The number of pyridine rings is 1. The molecule has 0 amide bonds. The van der Waals surface area contributed by atoms with Crippen molar-refractivity contribution >= 4 is 5.97 Å². The Morgan fingerprint density at radius 3 is 1.95 bits per heavy atom. The van der Waals surface area contributed by atoms with Crippen LogP contribution < -0.4 is 18.9 Å². The standard InChI is InChI=1S/C9H5F6NO2.Li.2H2O/c10-8(11,12)4-1-5(9(13,14)15)6(16-3-4)2-7(17)18;;;/h1,3H,2H2,(H,17,18);;2*1H2/q;+1;;/p-1. The van der Waals surface area contributed by atoms with E-state index in [0.717, 1.165) is 0 Å². The fourth-order valence-corrected chi connectivity index (χ4v) is 1.18. The van der Waals surface area contributed by atoms with E-state index in [2.05, 4.69) is 4.98 Å². The van der Waals surface area contributed by atoms with Gasteiger partial charge in [0.05, 0.1) is 23.2 Å². The summed E-state index contributed by atoms with van der Waals surface area (Å²) in [6, 6.07) is -0.148. The molecule has 0 atom stereocenters. The topological polar surface area (TPSA) is 112 Å². The van der Waals surface area contributed by atoms with Crippen molar-refractivity contribution < 1.29 is 66.1 Å². The molecule has 0 aliphatic carbocycles. The van der Waals surface area contributed by atoms with E-state index in [1.807, 2.05) is 0 Å². The van der Waals surface area contributed by atoms with Gasteiger partial charge >= 0.3 is 37.2 Å². The van der Waals surface area contributed by atoms with E-state index < -0.39 is 41.6 Å². The molecule has 12 heteroatoms. The normalized spacial score (nSPS) is 10.8. The van der Waals surface area contributed by atoms with E-state index in [0.29, 0.717) is 0 Å². The van der Waals surface area contributed by atoms with E-state index in [1.165, 1.54) is 0 Å². The van der Waals surface area contributed by atoms with Crippen molar-refractivity contribution in [2.24, 2.45) is 0 Å². The first-order valence-corrected chi connectivity index (χ1v) is 4.37. The van der Waals surface area contributed by atoms with Gasteiger partial charge in [-0.2, -0.15) is 26.3 Å². The Kier molecular flexibility index (Phi) is 9.69. The molecule has 1 rings (SSSR count). The van der Waals surface area contributed by atoms with Crippen molar-refractivity contribution in [1.82, 2.24) is 4.98 Å². The molecule has 0 spiro atoms. The minimum absolute atomic E-state index is 0. The second kappa shape index (κ2) is 8.23. The number of aliphatic carboxylic acids is 1. The van der Waals surface area contributed by atoms with Gasteiger partial charge in [0, 0.05) is 6.20 Å². The number of carboxylic acid groups (broad SMARTS) is 1. The summed E-state index contributed by atoms with van der Waals surface area (Å²) in [5, 5.41) is 8.36. The third kappa shape index (κ3) is 6.81. The Morgan fingerprint density at radius 2 is 1.62 bits per heavy atom. The molecule has 4 N–H and O–H groups in total. The number of carboxylic acids is 1. The summed E-state index contributed by atoms with van der Waals surface area (Å²) in [5.41, 5.74) is -4.23. The van der Waals surface area contributed by atoms with Crippen LogP contribution in [0.5, 0.6) is 0 Å². The molecule has 0 saturated carbocycles. The molecule has 5 nitrogen and oxygen atoms in total. The third-order valence-electron chi connectivity index (χ3n) is 1.92. The summed E-state index contributed by atoms with van der Waals surface area (Å²) in [4.78, 5) is 13.2. The predicted octanol–water partition coefficient (Wildman–Crippen LogP) is -1.25. The van der Waals surface area contributed by atoms with E-state index >= 15 is 0 Å². The number of nitrogens with zero attached hydrogens (tertiary/aromatic N) is 1. The van der Waals surface area contributed by atoms with Crippen LogP contribution in [0.1, 0.15) is 16.8 Å². The minimum atomic E-state index is -5.10. The first kappa shape index (κ1) is 24.7. The van der Waals surface area contributed by atoms with Gasteiger partial charge in [-0.1, -0.05) is 0 Å². The number of alkyl halides is 6. The van der Waals surface area contributed by atoms with E-state index in [-0.39, 0.29) is 42.1 Å². The molecular formula is C9H8F6LiNO4. The Morgan fingerprint density at radius 1 is 1.14 bits per heavy atom. The summed E-state index contributed by atoms with van der Waals surface area (Å²) in [5.74, 6) is -1.62. The first-order valence-electron chi connectivity index (χ1n) is 4.37. The molecule has 0 aromatic carbocycles. The summed E-state index contributed by atoms with van der Waals surface area (Å²) < 4.78 is 74.1. The summed E-state index contributed by atoms with van der Waals surface area (Å²) in [6.07, 6.45) is -11.0. The zero-order chi connectivity index (χ0) is 14.1. The zero-order valence-electron chi connectivity index (χ0n) is 10.4. The molecule has 0 unspecified atom stereocenters. The van der Waals surface area contributed by atoms with Gasteiger partial charge in [-0.25, -0.2) is 0 Å². The van der Waals surface area contributed by atoms with Crippen LogP contribution in [0.25, 0.3) is 0 Å². The first-order chi connectivity index (χ1) is 8.01. The SMILES string of the molecule is O.O=C(O)Cc1ncc(C(F)(F)F)cc1C(F)(F)F.[Li+].[OH-]. The third-order valence-corrected chi connectivity index (χ3v) is 1.92. The molecule has 1 aromatic rings. The van der Waals surface area contributed by atoms with E-state index in [9.17, 15) is 31.1 Å². The quantitative estimate of drug-likeness (QED) is 0.543. The number of hydrogen-bond donors (Lipinski definition) is 1. The van der Waals surface area contributed by atoms with Gasteiger partial charge in [-0.3, -0.25) is 9.78 Å². The predicted molar refractivity (Wildman–Crippen MR) is 51.1 cm³/mol. The average molecular weight is 315 g/mol. The smallest absolute Gasteiger partial charge is 0.870 e. The number of carbonyl (C=O) groups is 1. The largest absolute Gasteiger partial charge is 1.00 e. The van der Waals surface area contributed by atoms with Gasteiger partial charge in [0.25, 0.3) is 0 Å². The fourth-order valence-electron chi connectivity index (χ4n) is 1.18. The van der Waals surface area contributed by atoms with Gasteiger partial charge in [0.15, 0.2) is 0 Å². The number of hydrogen-bond acceptors (Lipinski definition) is 3. The molecule has 0 aliphatic rings. The maximum absolute atomic E-state index is 12.5. The number of halogens is 6. The summed E-state index contributed by atoms with van der Waals surface area (Å²) in [6.45, 7) is 0. The van der Waals surface area contributed by atoms with Crippen LogP contribution in [-0.2, 0) is 23.6 Å². The Bertz CT molecular complexity index is 476. The van der Waals surface area contributed by atoms with Gasteiger partial charge < -0.3 is 16.1 Å². The van der Waals surface area contributed by atoms with Gasteiger partial charge in [-0.15, -0.1) is 0 Å². The molecular weight excluding hydrogens is 307 g/mol. The van der Waals surface area contributed by atoms with Crippen LogP contribution in [0.2, 0.25) is 0 Å². The van der Waals surface area contributed by atoms with Crippen LogP contribution in [0.15, 0.2) is 12.3 Å². The average Bonchev–Trinajstić information content (AvgIpc) is 2.13. The Hall–Kier alpha value is -1.28. The molecule has 1 heterocycles. The number of aromatic nitrogens is 1. The van der Waals surface area contributed by atoms with Gasteiger partial charge in [-0.05, 0) is 6.07 Å². The van der Waals surface area contributed by atoms with Crippen LogP contribution in [0, 0.1) is 0 Å². The second-order valence-corrected chi connectivity index (χ2v) is 3.28. The Labute approximate surface area is 125 Å². The fraction of sp³-hybridized carbons (Fsp3) is 0.333. The van der Waals surface area contributed by atoms with E-state index in [4.69, 9.17) is 5.11 Å². The molecule has 21 heavy (non-hydrogen) atoms. The summed E-state index contributed by atoms with van der Waals surface area (Å²) >= 11 is 0. The monoisotopic (exact) mass is 315 g/mol. The van der Waals surface area contributed by atoms with Crippen molar-refractivity contribution in [2.45, 2.75) is 18.8 Å². The molecule has 0 saturated heterocycles. The molecule has 0 fully saturated rings. The van der Waals surface area contributed by atoms with Crippen LogP contribution >= 0.6 is 0 Å². The maximum Gasteiger partial charge on any atom is 1.00 e. The summed E-state index contributed by atoms with van der Waals surface area (Å²) in [7, 11) is 0. The van der Waals surface area contributed by atoms with Crippen LogP contribution in [0.3, 0.4) is 0 Å². The van der Waals surface area contributed by atoms with Gasteiger partial charge in [0.2, 0.25) is 0 Å². The van der Waals surface area contributed by atoms with Gasteiger partial charge in [0.1, 0.15) is 0 Å². The second-order valence-electron chi connectivity index (χ2n) is 3.28. The molecule has 0 aliphatic heterocycles. The van der Waals surface area contributed by atoms with Crippen molar-refractivity contribution in [2.75, 3.05) is 0 Å². The zero-order valence-corrected chi connectivity index (χ0v) is 10.4. The van der Waals surface area contributed by atoms with Crippen molar-refractivity contribution in [3.63, 3.8) is 0 Å². The molecule has 116 valence electrons. The molecule has 1 aromatic heterocycles. The Balaban J connectivity index is -0.00000108. The van der Waals surface area contributed by atoms with Crippen molar-refractivity contribution in [3.8, 4) is 0 Å². The maximum atomic E-state index is 12.5. The van der Waals surface area contributed by atoms with E-state index in [1.54, 1.807) is 0 Å². The number of rotatable bonds is 2.